The van der Waals surface area contributed by atoms with E-state index in [-0.39, 0.29) is 30.2 Å². The number of rotatable bonds is 7. The van der Waals surface area contributed by atoms with E-state index < -0.39 is 6.04 Å². The average Bonchev–Trinajstić information content (AvgIpc) is 3.22. The molecule has 38 heavy (non-hydrogen) atoms. The highest BCUT2D eigenvalue weighted by Gasteiger charge is 2.41. The lowest BCUT2D eigenvalue weighted by molar-refractivity contribution is -0.136. The third-order valence-electron chi connectivity index (χ3n) is 8.31. The van der Waals surface area contributed by atoms with Crippen LogP contribution in [0.15, 0.2) is 42.5 Å². The number of benzene rings is 2. The van der Waals surface area contributed by atoms with Crippen LogP contribution < -0.4 is 20.1 Å². The molecule has 6 rings (SSSR count). The molecule has 0 aromatic heterocycles. The number of likely N-dealkylation sites (tertiary alicyclic amines) is 1. The highest BCUT2D eigenvalue weighted by molar-refractivity contribution is 6.05. The van der Waals surface area contributed by atoms with Gasteiger partial charge in [-0.05, 0) is 55.2 Å². The van der Waals surface area contributed by atoms with Crippen molar-refractivity contribution in [3.63, 3.8) is 0 Å². The molecule has 2 saturated heterocycles. The predicted octanol–water partition coefficient (Wildman–Crippen LogP) is 2.94. The second-order valence-electron chi connectivity index (χ2n) is 10.7. The van der Waals surface area contributed by atoms with Gasteiger partial charge in [0.2, 0.25) is 11.8 Å². The number of fused-ring (bicyclic) bond motifs is 1. The van der Waals surface area contributed by atoms with Crippen LogP contribution in [0.5, 0.6) is 11.5 Å². The Bertz CT molecular complexity index is 1240. The number of piperidine rings is 1. The molecule has 4 aliphatic rings. The fourth-order valence-electron chi connectivity index (χ4n) is 6.31. The van der Waals surface area contributed by atoms with Crippen LogP contribution >= 0.6 is 0 Å². The summed E-state index contributed by atoms with van der Waals surface area (Å²) in [5.74, 6) is 0.752. The maximum absolute atomic E-state index is 13.0. The number of nitrogens with zero attached hydrogens (tertiary/aromatic N) is 2. The van der Waals surface area contributed by atoms with Gasteiger partial charge in [0.05, 0.1) is 7.11 Å². The van der Waals surface area contributed by atoms with Crippen molar-refractivity contribution in [2.45, 2.75) is 69.3 Å². The Hall–Kier alpha value is -3.59. The number of anilines is 1. The highest BCUT2D eigenvalue weighted by atomic mass is 16.5. The van der Waals surface area contributed by atoms with Gasteiger partial charge in [-0.25, -0.2) is 0 Å². The minimum atomic E-state index is -0.593. The van der Waals surface area contributed by atoms with Gasteiger partial charge in [0, 0.05) is 49.4 Å². The summed E-state index contributed by atoms with van der Waals surface area (Å²) in [5, 5.41) is 6.12. The molecule has 1 saturated carbocycles. The number of methoxy groups -OCH3 is 1. The Kier molecular flexibility index (Phi) is 6.69. The molecule has 1 unspecified atom stereocenters. The Morgan fingerprint density at radius 1 is 0.974 bits per heavy atom. The molecular formula is C29H34N4O5. The molecule has 0 spiro atoms. The molecular weight excluding hydrogens is 484 g/mol. The number of carbonyl (C=O) groups excluding carboxylic acids is 3. The molecule has 0 radical (unpaired) electrons. The van der Waals surface area contributed by atoms with Crippen LogP contribution in [0.3, 0.4) is 0 Å². The summed E-state index contributed by atoms with van der Waals surface area (Å²) in [6.45, 7) is 2.17. The van der Waals surface area contributed by atoms with Crippen molar-refractivity contribution < 1.29 is 23.9 Å². The topological polar surface area (TPSA) is 100 Å². The molecule has 9 heteroatoms. The smallest absolute Gasteiger partial charge is 0.255 e. The van der Waals surface area contributed by atoms with E-state index >= 15 is 0 Å². The summed E-state index contributed by atoms with van der Waals surface area (Å²) in [6.07, 6.45) is 5.43. The van der Waals surface area contributed by atoms with E-state index in [4.69, 9.17) is 9.47 Å². The molecule has 3 amide bonds. The van der Waals surface area contributed by atoms with Crippen molar-refractivity contribution in [2.24, 2.45) is 0 Å². The SMILES string of the molecule is COc1ccccc1OC1CN([C@@H]2CCCC[C@H]2Nc2ccc3c(c2)CN(C2CCC(=O)NC2=O)C3=O)C1. The lowest BCUT2D eigenvalue weighted by Crippen LogP contribution is -2.62. The van der Waals surface area contributed by atoms with Gasteiger partial charge in [0.1, 0.15) is 12.1 Å². The van der Waals surface area contributed by atoms with Gasteiger partial charge in [-0.3, -0.25) is 24.6 Å². The van der Waals surface area contributed by atoms with E-state index in [1.54, 1.807) is 12.0 Å². The van der Waals surface area contributed by atoms with Crippen LogP contribution in [0.1, 0.15) is 54.4 Å². The van der Waals surface area contributed by atoms with Gasteiger partial charge < -0.3 is 19.7 Å². The van der Waals surface area contributed by atoms with Gasteiger partial charge in [-0.15, -0.1) is 0 Å². The van der Waals surface area contributed by atoms with Crippen LogP contribution in [0.4, 0.5) is 5.69 Å². The van der Waals surface area contributed by atoms with Gasteiger partial charge in [-0.1, -0.05) is 25.0 Å². The first-order valence-electron chi connectivity index (χ1n) is 13.6. The quantitative estimate of drug-likeness (QED) is 0.544. The molecule has 1 aliphatic carbocycles. The molecule has 0 bridgehead atoms. The largest absolute Gasteiger partial charge is 0.493 e. The summed E-state index contributed by atoms with van der Waals surface area (Å²) < 4.78 is 11.6. The minimum absolute atomic E-state index is 0.141. The summed E-state index contributed by atoms with van der Waals surface area (Å²) in [6, 6.07) is 13.8. The lowest BCUT2D eigenvalue weighted by atomic mass is 9.87. The van der Waals surface area contributed by atoms with E-state index in [1.807, 2.05) is 36.4 Å². The lowest BCUT2D eigenvalue weighted by Gasteiger charge is -2.48. The molecule has 2 aromatic rings. The molecule has 2 aromatic carbocycles. The number of para-hydroxylation sites is 2. The van der Waals surface area contributed by atoms with Gasteiger partial charge in [0.25, 0.3) is 5.91 Å². The highest BCUT2D eigenvalue weighted by Crippen LogP contribution is 2.34. The molecule has 3 aliphatic heterocycles. The first kappa shape index (κ1) is 24.7. The van der Waals surface area contributed by atoms with E-state index in [9.17, 15) is 14.4 Å². The molecule has 200 valence electrons. The first-order valence-corrected chi connectivity index (χ1v) is 13.6. The van der Waals surface area contributed by atoms with Crippen LogP contribution in [-0.4, -0.2) is 72.0 Å². The molecule has 3 fully saturated rings. The zero-order chi connectivity index (χ0) is 26.2. The zero-order valence-electron chi connectivity index (χ0n) is 21.7. The normalized spacial score (nSPS) is 26.0. The zero-order valence-corrected chi connectivity index (χ0v) is 21.7. The number of imide groups is 1. The second kappa shape index (κ2) is 10.3. The fourth-order valence-corrected chi connectivity index (χ4v) is 6.31. The van der Waals surface area contributed by atoms with Crippen molar-refractivity contribution in [2.75, 3.05) is 25.5 Å². The molecule has 2 N–H and O–H groups in total. The summed E-state index contributed by atoms with van der Waals surface area (Å²) >= 11 is 0. The van der Waals surface area contributed by atoms with Gasteiger partial charge in [-0.2, -0.15) is 0 Å². The van der Waals surface area contributed by atoms with E-state index in [0.29, 0.717) is 30.6 Å². The second-order valence-corrected chi connectivity index (χ2v) is 10.7. The Labute approximate surface area is 222 Å². The molecule has 9 nitrogen and oxygen atoms in total. The van der Waals surface area contributed by atoms with Crippen molar-refractivity contribution in [3.8, 4) is 11.5 Å². The third-order valence-corrected chi connectivity index (χ3v) is 8.31. The van der Waals surface area contributed by atoms with Gasteiger partial charge >= 0.3 is 0 Å². The minimum Gasteiger partial charge on any atom is -0.493 e. The maximum atomic E-state index is 13.0. The average molecular weight is 519 g/mol. The van der Waals surface area contributed by atoms with E-state index in [2.05, 4.69) is 21.6 Å². The number of hydrogen-bond donors (Lipinski definition) is 2. The van der Waals surface area contributed by atoms with Crippen molar-refractivity contribution in [3.05, 3.63) is 53.6 Å². The third kappa shape index (κ3) is 4.71. The molecule has 3 heterocycles. The summed E-state index contributed by atoms with van der Waals surface area (Å²) in [4.78, 5) is 41.0. The fraction of sp³-hybridized carbons (Fsp3) is 0.483. The number of hydrogen-bond acceptors (Lipinski definition) is 7. The maximum Gasteiger partial charge on any atom is 0.255 e. The van der Waals surface area contributed by atoms with Crippen molar-refractivity contribution in [1.29, 1.82) is 0 Å². The molecule has 3 atom stereocenters. The predicted molar refractivity (Wildman–Crippen MR) is 141 cm³/mol. The summed E-state index contributed by atoms with van der Waals surface area (Å²) in [7, 11) is 1.66. The number of nitrogens with one attached hydrogen (secondary N) is 2. The number of carbonyl (C=O) groups is 3. The van der Waals surface area contributed by atoms with Crippen LogP contribution in [0.25, 0.3) is 0 Å². The monoisotopic (exact) mass is 518 g/mol. The van der Waals surface area contributed by atoms with Crippen molar-refractivity contribution in [1.82, 2.24) is 15.1 Å². The Balaban J connectivity index is 1.09. The van der Waals surface area contributed by atoms with Crippen LogP contribution in [-0.2, 0) is 16.1 Å². The van der Waals surface area contributed by atoms with Crippen LogP contribution in [0, 0.1) is 0 Å². The number of ether oxygens (including phenoxy) is 2. The standard InChI is InChI=1S/C29H34N4O5/c1-37-25-8-4-5-9-26(25)38-20-16-32(17-20)23-7-3-2-6-22(23)30-19-10-11-21-18(14-19)15-33(29(21)36)24-12-13-27(34)31-28(24)35/h4-5,8-11,14,20,22-24,30H,2-3,6-7,12-13,15-17H2,1H3,(H,31,34,35)/t22-,23-,24?/m1/s1. The number of amides is 3. The van der Waals surface area contributed by atoms with E-state index in [0.717, 1.165) is 48.7 Å². The van der Waals surface area contributed by atoms with Crippen molar-refractivity contribution >= 4 is 23.4 Å². The van der Waals surface area contributed by atoms with E-state index in [1.165, 1.54) is 12.8 Å². The Morgan fingerprint density at radius 2 is 1.76 bits per heavy atom. The first-order chi connectivity index (χ1) is 18.5. The Morgan fingerprint density at radius 3 is 2.55 bits per heavy atom. The van der Waals surface area contributed by atoms with Gasteiger partial charge in [0.15, 0.2) is 11.5 Å². The summed E-state index contributed by atoms with van der Waals surface area (Å²) in [5.41, 5.74) is 2.56. The van der Waals surface area contributed by atoms with Crippen LogP contribution in [0.2, 0.25) is 0 Å².